The molecule has 0 bridgehead atoms. The van der Waals surface area contributed by atoms with E-state index in [0.29, 0.717) is 12.0 Å². The molecule has 0 saturated heterocycles. The first-order chi connectivity index (χ1) is 6.65. The van der Waals surface area contributed by atoms with Crippen LogP contribution in [-0.4, -0.2) is 17.6 Å². The van der Waals surface area contributed by atoms with Gasteiger partial charge < -0.3 is 5.32 Å². The van der Waals surface area contributed by atoms with E-state index in [2.05, 4.69) is 50.1 Å². The lowest BCUT2D eigenvalue weighted by Gasteiger charge is -2.20. The lowest BCUT2D eigenvalue weighted by molar-refractivity contribution is 0.487. The largest absolute Gasteiger partial charge is 0.314 e. The summed E-state index contributed by atoms with van der Waals surface area (Å²) in [6.45, 7) is 9.62. The molecule has 0 spiro atoms. The molecule has 1 aromatic rings. The minimum atomic E-state index is 0.468. The van der Waals surface area contributed by atoms with Crippen molar-refractivity contribution in [1.29, 1.82) is 0 Å². The zero-order valence-electron chi connectivity index (χ0n) is 9.54. The van der Waals surface area contributed by atoms with E-state index in [4.69, 9.17) is 0 Å². The summed E-state index contributed by atoms with van der Waals surface area (Å²) in [7, 11) is 0. The second-order valence-corrected chi connectivity index (χ2v) is 3.90. The van der Waals surface area contributed by atoms with Crippen LogP contribution in [0.3, 0.4) is 0 Å². The molecule has 2 atom stereocenters. The maximum Gasteiger partial charge on any atom is 0.0447 e. The van der Waals surface area contributed by atoms with E-state index >= 15 is 0 Å². The second-order valence-electron chi connectivity index (χ2n) is 3.90. The lowest BCUT2D eigenvalue weighted by atomic mass is 9.99. The van der Waals surface area contributed by atoms with Gasteiger partial charge in [0.1, 0.15) is 0 Å². The number of nitrogens with one attached hydrogen (secondary N) is 1. The predicted octanol–water partition coefficient (Wildman–Crippen LogP) is 2.49. The molecule has 0 aliphatic heterocycles. The maximum atomic E-state index is 4.44. The minimum Gasteiger partial charge on any atom is -0.314 e. The molecular weight excluding hydrogens is 172 g/mol. The van der Waals surface area contributed by atoms with Crippen LogP contribution in [0.5, 0.6) is 0 Å². The van der Waals surface area contributed by atoms with Gasteiger partial charge in [0.05, 0.1) is 0 Å². The van der Waals surface area contributed by atoms with Gasteiger partial charge in [0.25, 0.3) is 0 Å². The predicted molar refractivity (Wildman–Crippen MR) is 60.5 cm³/mol. The Morgan fingerprint density at radius 2 is 2.07 bits per heavy atom. The quantitative estimate of drug-likeness (QED) is 0.792. The number of aromatic nitrogens is 1. The Morgan fingerprint density at radius 3 is 2.57 bits per heavy atom. The Bertz CT molecular complexity index is 266. The minimum absolute atomic E-state index is 0.468. The molecular formula is C12H20N2. The zero-order chi connectivity index (χ0) is 10.6. The van der Waals surface area contributed by atoms with Crippen molar-refractivity contribution in [3.8, 4) is 0 Å². The summed E-state index contributed by atoms with van der Waals surface area (Å²) in [5.41, 5.74) is 2.39. The summed E-state index contributed by atoms with van der Waals surface area (Å²) in [4.78, 5) is 4.44. The molecule has 0 saturated carbocycles. The molecule has 0 aliphatic carbocycles. The molecule has 1 heterocycles. The zero-order valence-corrected chi connectivity index (χ0v) is 9.54. The van der Waals surface area contributed by atoms with E-state index in [1.807, 2.05) is 6.20 Å². The van der Waals surface area contributed by atoms with Crippen LogP contribution >= 0.6 is 0 Å². The third kappa shape index (κ3) is 2.81. The van der Waals surface area contributed by atoms with Gasteiger partial charge in [0.2, 0.25) is 0 Å². The van der Waals surface area contributed by atoms with E-state index in [1.54, 1.807) is 0 Å². The van der Waals surface area contributed by atoms with Crippen LogP contribution in [0, 0.1) is 6.92 Å². The van der Waals surface area contributed by atoms with Gasteiger partial charge in [-0.15, -0.1) is 0 Å². The normalized spacial score (nSPS) is 15.1. The van der Waals surface area contributed by atoms with Gasteiger partial charge in [0.15, 0.2) is 0 Å². The smallest absolute Gasteiger partial charge is 0.0447 e. The Kier molecular flexibility index (Phi) is 4.08. The van der Waals surface area contributed by atoms with Gasteiger partial charge in [-0.25, -0.2) is 0 Å². The van der Waals surface area contributed by atoms with Crippen molar-refractivity contribution in [3.63, 3.8) is 0 Å². The molecule has 0 fully saturated rings. The van der Waals surface area contributed by atoms with Crippen molar-refractivity contribution in [1.82, 2.24) is 10.3 Å². The van der Waals surface area contributed by atoms with Crippen molar-refractivity contribution in [3.05, 3.63) is 29.6 Å². The van der Waals surface area contributed by atoms with E-state index < -0.39 is 0 Å². The lowest BCUT2D eigenvalue weighted by Crippen LogP contribution is -2.30. The van der Waals surface area contributed by atoms with Gasteiger partial charge in [-0.1, -0.05) is 19.9 Å². The highest BCUT2D eigenvalue weighted by molar-refractivity contribution is 5.16. The third-order valence-corrected chi connectivity index (χ3v) is 2.68. The van der Waals surface area contributed by atoms with Gasteiger partial charge >= 0.3 is 0 Å². The van der Waals surface area contributed by atoms with Crippen LogP contribution in [0.25, 0.3) is 0 Å². The van der Waals surface area contributed by atoms with Crippen LogP contribution < -0.4 is 5.32 Å². The Hall–Kier alpha value is -0.890. The highest BCUT2D eigenvalue weighted by Crippen LogP contribution is 2.16. The van der Waals surface area contributed by atoms with Gasteiger partial charge in [-0.05, 0) is 32.0 Å². The second kappa shape index (κ2) is 5.11. The molecule has 78 valence electrons. The highest BCUT2D eigenvalue weighted by Gasteiger charge is 2.13. The average Bonchev–Trinajstić information content (AvgIpc) is 2.18. The van der Waals surface area contributed by atoms with E-state index in [-0.39, 0.29) is 0 Å². The van der Waals surface area contributed by atoms with Crippen molar-refractivity contribution in [2.24, 2.45) is 0 Å². The fourth-order valence-corrected chi connectivity index (χ4v) is 1.50. The number of hydrogen-bond acceptors (Lipinski definition) is 2. The van der Waals surface area contributed by atoms with Crippen LogP contribution in [0.15, 0.2) is 18.3 Å². The van der Waals surface area contributed by atoms with Gasteiger partial charge in [-0.3, -0.25) is 4.98 Å². The first kappa shape index (κ1) is 11.2. The average molecular weight is 192 g/mol. The van der Waals surface area contributed by atoms with Crippen molar-refractivity contribution >= 4 is 0 Å². The topological polar surface area (TPSA) is 24.9 Å². The molecule has 1 N–H and O–H groups in total. The van der Waals surface area contributed by atoms with Crippen LogP contribution in [0.2, 0.25) is 0 Å². The van der Waals surface area contributed by atoms with Gasteiger partial charge in [-0.2, -0.15) is 0 Å². The third-order valence-electron chi connectivity index (χ3n) is 2.68. The monoisotopic (exact) mass is 192 g/mol. The Morgan fingerprint density at radius 1 is 1.36 bits per heavy atom. The summed E-state index contributed by atoms with van der Waals surface area (Å²) >= 11 is 0. The first-order valence-electron chi connectivity index (χ1n) is 5.31. The highest BCUT2D eigenvalue weighted by atomic mass is 14.9. The van der Waals surface area contributed by atoms with Crippen LogP contribution in [0.1, 0.15) is 37.9 Å². The van der Waals surface area contributed by atoms with Crippen LogP contribution in [0.4, 0.5) is 0 Å². The van der Waals surface area contributed by atoms with E-state index in [1.165, 1.54) is 11.3 Å². The Balaban J connectivity index is 2.68. The standard InChI is InChI=1S/C12H20N2/c1-5-13-11(4)10(3)12-7-6-9(2)8-14-12/h6-8,10-11,13H,5H2,1-4H3. The summed E-state index contributed by atoms with van der Waals surface area (Å²) < 4.78 is 0. The van der Waals surface area contributed by atoms with Crippen LogP contribution in [-0.2, 0) is 0 Å². The molecule has 1 rings (SSSR count). The summed E-state index contributed by atoms with van der Waals surface area (Å²) in [6, 6.07) is 4.72. The molecule has 2 unspecified atom stereocenters. The number of likely N-dealkylation sites (N-methyl/N-ethyl adjacent to an activating group) is 1. The van der Waals surface area contributed by atoms with Crippen molar-refractivity contribution in [2.75, 3.05) is 6.54 Å². The number of rotatable bonds is 4. The number of pyridine rings is 1. The van der Waals surface area contributed by atoms with Crippen molar-refractivity contribution < 1.29 is 0 Å². The Labute approximate surface area is 86.8 Å². The molecule has 1 aromatic heterocycles. The SMILES string of the molecule is CCNC(C)C(C)c1ccc(C)cn1. The van der Waals surface area contributed by atoms with Crippen molar-refractivity contribution in [2.45, 2.75) is 39.7 Å². The summed E-state index contributed by atoms with van der Waals surface area (Å²) in [5.74, 6) is 0.468. The molecule has 0 amide bonds. The summed E-state index contributed by atoms with van der Waals surface area (Å²) in [6.07, 6.45) is 1.94. The molecule has 0 aliphatic rings. The number of aryl methyl sites for hydroxylation is 1. The molecule has 2 heteroatoms. The van der Waals surface area contributed by atoms with Gasteiger partial charge in [0, 0.05) is 23.9 Å². The maximum absolute atomic E-state index is 4.44. The molecule has 14 heavy (non-hydrogen) atoms. The molecule has 0 aromatic carbocycles. The van der Waals surface area contributed by atoms with E-state index in [9.17, 15) is 0 Å². The molecule has 2 nitrogen and oxygen atoms in total. The number of nitrogens with zero attached hydrogens (tertiary/aromatic N) is 1. The summed E-state index contributed by atoms with van der Waals surface area (Å²) in [5, 5.41) is 3.42. The number of hydrogen-bond donors (Lipinski definition) is 1. The first-order valence-corrected chi connectivity index (χ1v) is 5.31. The molecule has 0 radical (unpaired) electrons. The van der Waals surface area contributed by atoms with E-state index in [0.717, 1.165) is 6.54 Å². The fraction of sp³-hybridized carbons (Fsp3) is 0.583. The fourth-order valence-electron chi connectivity index (χ4n) is 1.50.